The Bertz CT molecular complexity index is 695. The Balaban J connectivity index is 1.37. The Labute approximate surface area is 172 Å². The van der Waals surface area contributed by atoms with Gasteiger partial charge >= 0.3 is 6.03 Å². The number of likely N-dealkylation sites (tertiary alicyclic amines) is 1. The van der Waals surface area contributed by atoms with Crippen LogP contribution < -0.4 is 16.0 Å². The molecule has 158 valence electrons. The van der Waals surface area contributed by atoms with Gasteiger partial charge in [0, 0.05) is 30.7 Å². The molecule has 3 rings (SSSR count). The average molecular weight is 401 g/mol. The predicted molar refractivity (Wildman–Crippen MR) is 112 cm³/mol. The van der Waals surface area contributed by atoms with Crippen LogP contribution in [0.3, 0.4) is 0 Å². The Morgan fingerprint density at radius 3 is 2.28 bits per heavy atom. The molecule has 1 unspecified atom stereocenters. The van der Waals surface area contributed by atoms with E-state index in [9.17, 15) is 14.4 Å². The molecule has 1 aliphatic carbocycles. The predicted octanol–water partition coefficient (Wildman–Crippen LogP) is 2.88. The van der Waals surface area contributed by atoms with Crippen LogP contribution in [-0.2, 0) is 9.59 Å². The van der Waals surface area contributed by atoms with E-state index in [0.29, 0.717) is 24.7 Å². The number of nitrogens with zero attached hydrogens (tertiary/aromatic N) is 1. The molecule has 1 aromatic rings. The lowest BCUT2D eigenvalue weighted by Crippen LogP contribution is -2.52. The van der Waals surface area contributed by atoms with Gasteiger partial charge in [-0.3, -0.25) is 9.59 Å². The summed E-state index contributed by atoms with van der Waals surface area (Å²) in [5, 5.41) is 8.40. The summed E-state index contributed by atoms with van der Waals surface area (Å²) in [6.07, 6.45) is 7.08. The minimum Gasteiger partial charge on any atom is -0.342 e. The molecule has 1 heterocycles. The highest BCUT2D eigenvalue weighted by Crippen LogP contribution is 2.26. The van der Waals surface area contributed by atoms with Gasteiger partial charge in [-0.2, -0.15) is 0 Å². The molecule has 1 saturated carbocycles. The number of para-hydroxylation sites is 1. The first-order valence-electron chi connectivity index (χ1n) is 10.7. The Hall–Kier alpha value is -2.57. The average Bonchev–Trinajstić information content (AvgIpc) is 2.75. The first kappa shape index (κ1) is 21.1. The second-order valence-corrected chi connectivity index (χ2v) is 8.13. The number of hydrogen-bond acceptors (Lipinski definition) is 3. The minimum atomic E-state index is -0.650. The molecule has 0 spiro atoms. The van der Waals surface area contributed by atoms with Crippen molar-refractivity contribution >= 4 is 23.5 Å². The fourth-order valence-electron chi connectivity index (χ4n) is 4.11. The molecule has 0 aromatic heterocycles. The number of anilines is 1. The molecular formula is C22H32N4O3. The Kier molecular flexibility index (Phi) is 7.49. The van der Waals surface area contributed by atoms with Crippen molar-refractivity contribution in [2.24, 2.45) is 5.92 Å². The normalized spacial score (nSPS) is 19.3. The van der Waals surface area contributed by atoms with E-state index < -0.39 is 6.04 Å². The van der Waals surface area contributed by atoms with E-state index >= 15 is 0 Å². The summed E-state index contributed by atoms with van der Waals surface area (Å²) in [6.45, 7) is 3.03. The SMILES string of the molecule is CC(NC(=O)NC1CCN(C(=O)C2CCCCC2)CC1)C(=O)Nc1ccccc1. The topological polar surface area (TPSA) is 90.5 Å². The van der Waals surface area contributed by atoms with Crippen molar-refractivity contribution in [1.29, 1.82) is 0 Å². The van der Waals surface area contributed by atoms with Crippen molar-refractivity contribution in [2.75, 3.05) is 18.4 Å². The highest BCUT2D eigenvalue weighted by atomic mass is 16.2. The molecule has 0 radical (unpaired) electrons. The van der Waals surface area contributed by atoms with Crippen LogP contribution in [0, 0.1) is 5.92 Å². The largest absolute Gasteiger partial charge is 0.342 e. The van der Waals surface area contributed by atoms with Crippen LogP contribution in [0.25, 0.3) is 0 Å². The van der Waals surface area contributed by atoms with E-state index in [-0.39, 0.29) is 23.9 Å². The Morgan fingerprint density at radius 1 is 0.966 bits per heavy atom. The maximum absolute atomic E-state index is 12.6. The van der Waals surface area contributed by atoms with Crippen molar-refractivity contribution in [2.45, 2.75) is 64.0 Å². The Morgan fingerprint density at radius 2 is 1.62 bits per heavy atom. The van der Waals surface area contributed by atoms with Gasteiger partial charge in [0.1, 0.15) is 6.04 Å². The molecule has 29 heavy (non-hydrogen) atoms. The monoisotopic (exact) mass is 400 g/mol. The summed E-state index contributed by atoms with van der Waals surface area (Å²) in [5.41, 5.74) is 0.696. The first-order chi connectivity index (χ1) is 14.0. The molecule has 1 saturated heterocycles. The van der Waals surface area contributed by atoms with Gasteiger partial charge in [0.05, 0.1) is 0 Å². The quantitative estimate of drug-likeness (QED) is 0.710. The van der Waals surface area contributed by atoms with Crippen LogP contribution in [0.5, 0.6) is 0 Å². The van der Waals surface area contributed by atoms with Crippen molar-refractivity contribution in [3.05, 3.63) is 30.3 Å². The van der Waals surface area contributed by atoms with E-state index in [1.807, 2.05) is 23.1 Å². The zero-order chi connectivity index (χ0) is 20.6. The van der Waals surface area contributed by atoms with Crippen molar-refractivity contribution < 1.29 is 14.4 Å². The summed E-state index contributed by atoms with van der Waals surface area (Å²) in [7, 11) is 0. The van der Waals surface area contributed by atoms with Gasteiger partial charge < -0.3 is 20.9 Å². The number of rotatable bonds is 5. The highest BCUT2D eigenvalue weighted by molar-refractivity contribution is 5.96. The van der Waals surface area contributed by atoms with Crippen molar-refractivity contribution in [3.8, 4) is 0 Å². The van der Waals surface area contributed by atoms with Gasteiger partial charge in [0.15, 0.2) is 0 Å². The molecule has 0 bridgehead atoms. The number of amides is 4. The molecule has 1 aromatic carbocycles. The van der Waals surface area contributed by atoms with Gasteiger partial charge in [0.2, 0.25) is 11.8 Å². The lowest BCUT2D eigenvalue weighted by molar-refractivity contribution is -0.137. The number of piperidine rings is 1. The van der Waals surface area contributed by atoms with E-state index in [1.54, 1.807) is 19.1 Å². The number of carbonyl (C=O) groups is 3. The van der Waals surface area contributed by atoms with Crippen LogP contribution >= 0.6 is 0 Å². The lowest BCUT2D eigenvalue weighted by Gasteiger charge is -2.35. The molecule has 4 amide bonds. The molecule has 3 N–H and O–H groups in total. The highest BCUT2D eigenvalue weighted by Gasteiger charge is 2.29. The zero-order valence-electron chi connectivity index (χ0n) is 17.2. The molecule has 1 atom stereocenters. The molecule has 2 fully saturated rings. The molecule has 1 aliphatic heterocycles. The lowest BCUT2D eigenvalue weighted by atomic mass is 9.87. The number of hydrogen-bond donors (Lipinski definition) is 3. The van der Waals surface area contributed by atoms with Gasteiger partial charge in [-0.15, -0.1) is 0 Å². The van der Waals surface area contributed by atoms with E-state index in [4.69, 9.17) is 0 Å². The van der Waals surface area contributed by atoms with Crippen LogP contribution in [0.1, 0.15) is 51.9 Å². The number of urea groups is 1. The summed E-state index contributed by atoms with van der Waals surface area (Å²) in [6, 6.07) is 8.17. The minimum absolute atomic E-state index is 0.0230. The smallest absolute Gasteiger partial charge is 0.315 e. The second kappa shape index (κ2) is 10.3. The molecule has 2 aliphatic rings. The van der Waals surface area contributed by atoms with Crippen LogP contribution in [0.15, 0.2) is 30.3 Å². The van der Waals surface area contributed by atoms with Crippen LogP contribution in [0.4, 0.5) is 10.5 Å². The molecular weight excluding hydrogens is 368 g/mol. The standard InChI is InChI=1S/C22H32N4O3/c1-16(20(27)24-18-10-6-3-7-11-18)23-22(29)25-19-12-14-26(15-13-19)21(28)17-8-4-2-5-9-17/h3,6-7,10-11,16-17,19H,2,4-5,8-9,12-15H2,1H3,(H,24,27)(H2,23,25,29). The van der Waals surface area contributed by atoms with Gasteiger partial charge in [-0.1, -0.05) is 37.5 Å². The van der Waals surface area contributed by atoms with E-state index in [2.05, 4.69) is 16.0 Å². The summed E-state index contributed by atoms with van der Waals surface area (Å²) in [4.78, 5) is 39.1. The fourth-order valence-corrected chi connectivity index (χ4v) is 4.11. The van der Waals surface area contributed by atoms with E-state index in [1.165, 1.54) is 6.42 Å². The molecule has 7 heteroatoms. The third-order valence-electron chi connectivity index (χ3n) is 5.88. The first-order valence-corrected chi connectivity index (χ1v) is 10.7. The van der Waals surface area contributed by atoms with Gasteiger partial charge in [-0.25, -0.2) is 4.79 Å². The maximum atomic E-state index is 12.6. The number of carbonyl (C=O) groups excluding carboxylic acids is 3. The zero-order valence-corrected chi connectivity index (χ0v) is 17.2. The molecule has 7 nitrogen and oxygen atoms in total. The number of nitrogens with one attached hydrogen (secondary N) is 3. The number of benzene rings is 1. The van der Waals surface area contributed by atoms with Gasteiger partial charge in [-0.05, 0) is 44.7 Å². The third-order valence-corrected chi connectivity index (χ3v) is 5.88. The van der Waals surface area contributed by atoms with Gasteiger partial charge in [0.25, 0.3) is 0 Å². The van der Waals surface area contributed by atoms with E-state index in [0.717, 1.165) is 38.5 Å². The summed E-state index contributed by atoms with van der Waals surface area (Å²) < 4.78 is 0. The van der Waals surface area contributed by atoms with Crippen molar-refractivity contribution in [3.63, 3.8) is 0 Å². The van der Waals surface area contributed by atoms with Crippen LogP contribution in [0.2, 0.25) is 0 Å². The third kappa shape index (κ3) is 6.21. The summed E-state index contributed by atoms with van der Waals surface area (Å²) >= 11 is 0. The van der Waals surface area contributed by atoms with Crippen LogP contribution in [-0.4, -0.2) is 47.9 Å². The maximum Gasteiger partial charge on any atom is 0.315 e. The second-order valence-electron chi connectivity index (χ2n) is 8.13. The summed E-state index contributed by atoms with van der Waals surface area (Å²) in [5.74, 6) is 0.221. The fraction of sp³-hybridized carbons (Fsp3) is 0.591. The van der Waals surface area contributed by atoms with Crippen molar-refractivity contribution in [1.82, 2.24) is 15.5 Å².